The maximum Gasteiger partial charge on any atom is 0.328 e. The van der Waals surface area contributed by atoms with Gasteiger partial charge in [-0.3, -0.25) is 9.59 Å². The van der Waals surface area contributed by atoms with Gasteiger partial charge in [-0.1, -0.05) is 20.3 Å². The van der Waals surface area contributed by atoms with Crippen LogP contribution in [0, 0.1) is 11.8 Å². The van der Waals surface area contributed by atoms with Crippen LogP contribution in [0.3, 0.4) is 0 Å². The number of methoxy groups -OCH3 is 1. The Morgan fingerprint density at radius 2 is 1.82 bits per heavy atom. The second kappa shape index (κ2) is 6.88. The molecule has 0 aromatic carbocycles. The first-order valence-electron chi connectivity index (χ1n) is 5.46. The van der Waals surface area contributed by atoms with Crippen molar-refractivity contribution in [2.24, 2.45) is 11.8 Å². The van der Waals surface area contributed by atoms with E-state index < -0.39 is 29.8 Å². The minimum absolute atomic E-state index is 0.118. The molecule has 0 radical (unpaired) electrons. The highest BCUT2D eigenvalue weighted by molar-refractivity contribution is 5.98. The van der Waals surface area contributed by atoms with E-state index in [4.69, 9.17) is 5.11 Å². The number of esters is 1. The fraction of sp³-hybridized carbons (Fsp3) is 0.727. The molecule has 3 unspecified atom stereocenters. The Balaban J connectivity index is 4.70. The standard InChI is InChI=1S/C11H19NO5/c1-5-6(2)8(11(16)17-4)12-9(13)7(3)10(14)15/h6-8H,5H2,1-4H3,(H,12,13)(H,14,15). The van der Waals surface area contributed by atoms with E-state index in [1.165, 1.54) is 14.0 Å². The summed E-state index contributed by atoms with van der Waals surface area (Å²) in [5.41, 5.74) is 0. The van der Waals surface area contributed by atoms with Crippen molar-refractivity contribution in [3.05, 3.63) is 0 Å². The molecule has 0 aromatic heterocycles. The summed E-state index contributed by atoms with van der Waals surface area (Å²) >= 11 is 0. The normalized spacial score (nSPS) is 15.5. The molecule has 0 rings (SSSR count). The van der Waals surface area contributed by atoms with Crippen LogP contribution in [0.15, 0.2) is 0 Å². The summed E-state index contributed by atoms with van der Waals surface area (Å²) in [6, 6.07) is -0.806. The van der Waals surface area contributed by atoms with E-state index in [9.17, 15) is 14.4 Å². The lowest BCUT2D eigenvalue weighted by Crippen LogP contribution is -2.48. The molecule has 0 aliphatic heterocycles. The Hall–Kier alpha value is -1.59. The van der Waals surface area contributed by atoms with Crippen LogP contribution in [0.4, 0.5) is 0 Å². The molecule has 0 bridgehead atoms. The number of carboxylic acids is 1. The summed E-state index contributed by atoms with van der Waals surface area (Å²) in [5, 5.41) is 11.1. The van der Waals surface area contributed by atoms with Crippen LogP contribution in [0.1, 0.15) is 27.2 Å². The molecule has 0 spiro atoms. The van der Waals surface area contributed by atoms with Crippen molar-refractivity contribution in [2.75, 3.05) is 7.11 Å². The third-order valence-electron chi connectivity index (χ3n) is 2.73. The minimum atomic E-state index is -1.23. The highest BCUT2D eigenvalue weighted by Gasteiger charge is 2.30. The maximum absolute atomic E-state index is 11.5. The SMILES string of the molecule is CCC(C)C(NC(=O)C(C)C(=O)O)C(=O)OC. The number of nitrogens with one attached hydrogen (secondary N) is 1. The Bertz CT molecular complexity index is 302. The molecule has 6 nitrogen and oxygen atoms in total. The van der Waals surface area contributed by atoms with E-state index in [2.05, 4.69) is 10.1 Å². The van der Waals surface area contributed by atoms with Crippen LogP contribution >= 0.6 is 0 Å². The zero-order chi connectivity index (χ0) is 13.6. The fourth-order valence-electron chi connectivity index (χ4n) is 1.19. The van der Waals surface area contributed by atoms with E-state index in [1.54, 1.807) is 6.92 Å². The molecule has 0 aliphatic carbocycles. The Morgan fingerprint density at radius 3 is 2.18 bits per heavy atom. The first-order valence-corrected chi connectivity index (χ1v) is 5.46. The second-order valence-electron chi connectivity index (χ2n) is 3.95. The Labute approximate surface area is 100 Å². The summed E-state index contributed by atoms with van der Waals surface area (Å²) in [6.45, 7) is 4.92. The van der Waals surface area contributed by atoms with Crippen molar-refractivity contribution in [1.29, 1.82) is 0 Å². The van der Waals surface area contributed by atoms with Crippen LogP contribution in [-0.4, -0.2) is 36.1 Å². The highest BCUT2D eigenvalue weighted by atomic mass is 16.5. The van der Waals surface area contributed by atoms with Gasteiger partial charge in [0.1, 0.15) is 12.0 Å². The molecule has 0 heterocycles. The monoisotopic (exact) mass is 245 g/mol. The fourth-order valence-corrected chi connectivity index (χ4v) is 1.19. The average molecular weight is 245 g/mol. The van der Waals surface area contributed by atoms with E-state index in [0.717, 1.165) is 0 Å². The maximum atomic E-state index is 11.5. The van der Waals surface area contributed by atoms with Gasteiger partial charge in [-0.05, 0) is 12.8 Å². The minimum Gasteiger partial charge on any atom is -0.481 e. The zero-order valence-electron chi connectivity index (χ0n) is 10.5. The van der Waals surface area contributed by atoms with E-state index >= 15 is 0 Å². The number of hydrogen-bond acceptors (Lipinski definition) is 4. The molecule has 0 saturated heterocycles. The van der Waals surface area contributed by atoms with Gasteiger partial charge >= 0.3 is 11.9 Å². The number of carboxylic acid groups (broad SMARTS) is 1. The van der Waals surface area contributed by atoms with Crippen LogP contribution in [0.2, 0.25) is 0 Å². The first-order chi connectivity index (χ1) is 7.84. The number of carbonyl (C=O) groups is 3. The topological polar surface area (TPSA) is 92.7 Å². The molecule has 0 saturated carbocycles. The van der Waals surface area contributed by atoms with Gasteiger partial charge in [-0.25, -0.2) is 4.79 Å². The van der Waals surface area contributed by atoms with Crippen molar-refractivity contribution in [3.8, 4) is 0 Å². The van der Waals surface area contributed by atoms with E-state index in [1.807, 2.05) is 6.92 Å². The van der Waals surface area contributed by atoms with Gasteiger partial charge in [0.15, 0.2) is 0 Å². The van der Waals surface area contributed by atoms with Gasteiger partial charge < -0.3 is 15.2 Å². The summed E-state index contributed by atoms with van der Waals surface area (Å²) in [4.78, 5) is 33.6. The number of rotatable bonds is 6. The first kappa shape index (κ1) is 15.4. The van der Waals surface area contributed by atoms with Crippen LogP contribution in [0.25, 0.3) is 0 Å². The van der Waals surface area contributed by atoms with E-state index in [-0.39, 0.29) is 5.92 Å². The van der Waals surface area contributed by atoms with Crippen molar-refractivity contribution >= 4 is 17.8 Å². The van der Waals surface area contributed by atoms with Crippen molar-refractivity contribution < 1.29 is 24.2 Å². The van der Waals surface area contributed by atoms with Gasteiger partial charge in [0.05, 0.1) is 7.11 Å². The Morgan fingerprint density at radius 1 is 1.29 bits per heavy atom. The molecular weight excluding hydrogens is 226 g/mol. The summed E-state index contributed by atoms with van der Waals surface area (Å²) in [6.07, 6.45) is 0.668. The van der Waals surface area contributed by atoms with E-state index in [0.29, 0.717) is 6.42 Å². The molecule has 98 valence electrons. The van der Waals surface area contributed by atoms with Crippen molar-refractivity contribution in [1.82, 2.24) is 5.32 Å². The molecule has 17 heavy (non-hydrogen) atoms. The van der Waals surface area contributed by atoms with Gasteiger partial charge in [0, 0.05) is 0 Å². The predicted molar refractivity (Wildman–Crippen MR) is 60.2 cm³/mol. The van der Waals surface area contributed by atoms with Crippen LogP contribution in [0.5, 0.6) is 0 Å². The lowest BCUT2D eigenvalue weighted by Gasteiger charge is -2.22. The molecule has 0 fully saturated rings. The third-order valence-corrected chi connectivity index (χ3v) is 2.73. The number of hydrogen-bond donors (Lipinski definition) is 2. The third kappa shape index (κ3) is 4.42. The average Bonchev–Trinajstić information content (AvgIpc) is 2.32. The lowest BCUT2D eigenvalue weighted by atomic mass is 9.98. The predicted octanol–water partition coefficient (Wildman–Crippen LogP) is 0.411. The molecule has 2 N–H and O–H groups in total. The summed E-state index contributed by atoms with van der Waals surface area (Å²) in [7, 11) is 1.23. The number of amides is 1. The second-order valence-corrected chi connectivity index (χ2v) is 3.95. The highest BCUT2D eigenvalue weighted by Crippen LogP contribution is 2.10. The number of ether oxygens (including phenoxy) is 1. The number of aliphatic carboxylic acids is 1. The Kier molecular flexibility index (Phi) is 6.23. The molecule has 0 aliphatic rings. The summed E-state index contributed by atoms with van der Waals surface area (Å²) in [5.74, 6) is -3.78. The van der Waals surface area contributed by atoms with Crippen molar-refractivity contribution in [2.45, 2.75) is 33.2 Å². The zero-order valence-corrected chi connectivity index (χ0v) is 10.5. The van der Waals surface area contributed by atoms with Crippen molar-refractivity contribution in [3.63, 3.8) is 0 Å². The largest absolute Gasteiger partial charge is 0.481 e. The molecular formula is C11H19NO5. The van der Waals surface area contributed by atoms with Gasteiger partial charge in [0.2, 0.25) is 5.91 Å². The van der Waals surface area contributed by atoms with Gasteiger partial charge in [0.25, 0.3) is 0 Å². The van der Waals surface area contributed by atoms with Gasteiger partial charge in [-0.2, -0.15) is 0 Å². The van der Waals surface area contributed by atoms with Gasteiger partial charge in [-0.15, -0.1) is 0 Å². The smallest absolute Gasteiger partial charge is 0.328 e. The number of carbonyl (C=O) groups excluding carboxylic acids is 2. The summed E-state index contributed by atoms with van der Waals surface area (Å²) < 4.78 is 4.58. The molecule has 3 atom stereocenters. The van der Waals surface area contributed by atoms with Crippen LogP contribution in [-0.2, 0) is 19.1 Å². The molecule has 0 aromatic rings. The molecule has 6 heteroatoms. The quantitative estimate of drug-likeness (QED) is 0.522. The molecule has 1 amide bonds. The lowest BCUT2D eigenvalue weighted by molar-refractivity contribution is -0.151. The van der Waals surface area contributed by atoms with Crippen LogP contribution < -0.4 is 5.32 Å².